The van der Waals surface area contributed by atoms with Crippen molar-refractivity contribution in [3.05, 3.63) is 18.0 Å². The summed E-state index contributed by atoms with van der Waals surface area (Å²) in [7, 11) is 0. The van der Waals surface area contributed by atoms with E-state index in [9.17, 15) is 9.90 Å². The molecule has 0 radical (unpaired) electrons. The summed E-state index contributed by atoms with van der Waals surface area (Å²) in [6, 6.07) is 2.16. The van der Waals surface area contributed by atoms with Gasteiger partial charge in [-0.3, -0.25) is 9.48 Å². The molecule has 1 aliphatic carbocycles. The van der Waals surface area contributed by atoms with Gasteiger partial charge in [-0.15, -0.1) is 0 Å². The normalized spacial score (nSPS) is 24.2. The van der Waals surface area contributed by atoms with Crippen LogP contribution < -0.4 is 10.6 Å². The lowest BCUT2D eigenvalue weighted by Gasteiger charge is -2.46. The predicted molar refractivity (Wildman–Crippen MR) is 92.9 cm³/mol. The number of aromatic nitrogens is 2. The van der Waals surface area contributed by atoms with Crippen LogP contribution in [0.1, 0.15) is 62.0 Å². The highest BCUT2D eigenvalue weighted by molar-refractivity contribution is 5.92. The van der Waals surface area contributed by atoms with Gasteiger partial charge in [0, 0.05) is 25.9 Å². The standard InChI is InChI=1S/C18H30N4O2/c1-14(6-11-23)18(7-3-8-18)13-20-17(24)16-5-10-22(21-16)15-4-2-9-19-12-15/h5,10,14-15,19,23H,2-4,6-9,11-13H2,1H3,(H,20,24). The molecule has 3 rings (SSSR count). The van der Waals surface area contributed by atoms with Crippen molar-refractivity contribution in [3.63, 3.8) is 0 Å². The summed E-state index contributed by atoms with van der Waals surface area (Å²) in [5.74, 6) is 0.349. The van der Waals surface area contributed by atoms with Crippen molar-refractivity contribution in [3.8, 4) is 0 Å². The van der Waals surface area contributed by atoms with Gasteiger partial charge in [0.25, 0.3) is 5.91 Å². The number of amides is 1. The topological polar surface area (TPSA) is 79.2 Å². The van der Waals surface area contributed by atoms with Crippen molar-refractivity contribution in [1.82, 2.24) is 20.4 Å². The van der Waals surface area contributed by atoms with E-state index in [0.29, 0.717) is 24.2 Å². The molecule has 0 bridgehead atoms. The zero-order chi connectivity index (χ0) is 17.0. The van der Waals surface area contributed by atoms with Gasteiger partial charge >= 0.3 is 0 Å². The van der Waals surface area contributed by atoms with Crippen molar-refractivity contribution in [2.24, 2.45) is 11.3 Å². The molecule has 2 heterocycles. The second-order valence-corrected chi connectivity index (χ2v) is 7.49. The summed E-state index contributed by atoms with van der Waals surface area (Å²) in [5.41, 5.74) is 0.665. The number of piperidine rings is 1. The maximum Gasteiger partial charge on any atom is 0.271 e. The molecule has 1 aromatic heterocycles. The smallest absolute Gasteiger partial charge is 0.271 e. The number of nitrogens with one attached hydrogen (secondary N) is 2. The zero-order valence-electron chi connectivity index (χ0n) is 14.6. The SMILES string of the molecule is CC(CCO)C1(CNC(=O)c2ccn(C3CCCNC3)n2)CCC1. The van der Waals surface area contributed by atoms with Crippen LogP contribution >= 0.6 is 0 Å². The maximum atomic E-state index is 12.5. The third kappa shape index (κ3) is 3.64. The molecule has 1 saturated heterocycles. The Balaban J connectivity index is 1.56. The molecule has 6 nitrogen and oxygen atoms in total. The molecule has 6 heteroatoms. The van der Waals surface area contributed by atoms with Gasteiger partial charge in [-0.2, -0.15) is 5.10 Å². The van der Waals surface area contributed by atoms with Gasteiger partial charge in [0.1, 0.15) is 5.69 Å². The van der Waals surface area contributed by atoms with E-state index in [0.717, 1.165) is 45.2 Å². The van der Waals surface area contributed by atoms with Crippen LogP contribution in [0, 0.1) is 11.3 Å². The summed E-state index contributed by atoms with van der Waals surface area (Å²) in [5, 5.41) is 20.1. The quantitative estimate of drug-likeness (QED) is 0.709. The minimum atomic E-state index is -0.0833. The summed E-state index contributed by atoms with van der Waals surface area (Å²) < 4.78 is 1.93. The zero-order valence-corrected chi connectivity index (χ0v) is 14.6. The van der Waals surface area contributed by atoms with Gasteiger partial charge < -0.3 is 15.7 Å². The highest BCUT2D eigenvalue weighted by atomic mass is 16.3. The van der Waals surface area contributed by atoms with E-state index in [1.165, 1.54) is 6.42 Å². The number of hydrogen-bond acceptors (Lipinski definition) is 4. The molecule has 2 unspecified atom stereocenters. The Morgan fingerprint density at radius 1 is 1.54 bits per heavy atom. The Hall–Kier alpha value is -1.40. The first kappa shape index (κ1) is 17.4. The number of carbonyl (C=O) groups excluding carboxylic acids is 1. The Labute approximate surface area is 144 Å². The Morgan fingerprint density at radius 3 is 3.00 bits per heavy atom. The molecule has 0 aromatic carbocycles. The molecule has 0 spiro atoms. The first-order valence-electron chi connectivity index (χ1n) is 9.29. The molecule has 2 aliphatic rings. The molecule has 2 fully saturated rings. The van der Waals surface area contributed by atoms with Gasteiger partial charge in [0.15, 0.2) is 0 Å². The highest BCUT2D eigenvalue weighted by Crippen LogP contribution is 2.47. The van der Waals surface area contributed by atoms with Gasteiger partial charge in [-0.25, -0.2) is 0 Å². The minimum absolute atomic E-state index is 0.0833. The molecule has 2 atom stereocenters. The van der Waals surface area contributed by atoms with E-state index in [-0.39, 0.29) is 17.9 Å². The Morgan fingerprint density at radius 2 is 2.38 bits per heavy atom. The van der Waals surface area contributed by atoms with Crippen molar-refractivity contribution in [2.45, 2.75) is 51.5 Å². The van der Waals surface area contributed by atoms with Gasteiger partial charge in [0.2, 0.25) is 0 Å². The predicted octanol–water partition coefficient (Wildman–Crippen LogP) is 1.73. The third-order valence-electron chi connectivity index (χ3n) is 6.04. The summed E-state index contributed by atoms with van der Waals surface area (Å²) in [6.45, 7) is 5.08. The molecule has 3 N–H and O–H groups in total. The van der Waals surface area contributed by atoms with Gasteiger partial charge in [-0.1, -0.05) is 13.3 Å². The average molecular weight is 334 g/mol. The highest BCUT2D eigenvalue weighted by Gasteiger charge is 2.41. The van der Waals surface area contributed by atoms with Crippen LogP contribution in [0.15, 0.2) is 12.3 Å². The van der Waals surface area contributed by atoms with Crippen molar-refractivity contribution in [2.75, 3.05) is 26.2 Å². The number of nitrogens with zero attached hydrogens (tertiary/aromatic N) is 2. The summed E-state index contributed by atoms with van der Waals surface area (Å²) >= 11 is 0. The fourth-order valence-electron chi connectivity index (χ4n) is 4.04. The van der Waals surface area contributed by atoms with Crippen molar-refractivity contribution >= 4 is 5.91 Å². The fraction of sp³-hybridized carbons (Fsp3) is 0.778. The number of hydrogen-bond donors (Lipinski definition) is 3. The first-order chi connectivity index (χ1) is 11.6. The number of aliphatic hydroxyl groups excluding tert-OH is 1. The van der Waals surface area contributed by atoms with Crippen LogP contribution in [0.3, 0.4) is 0 Å². The van der Waals surface area contributed by atoms with E-state index in [1.54, 1.807) is 0 Å². The number of carbonyl (C=O) groups is 1. The minimum Gasteiger partial charge on any atom is -0.396 e. The summed E-state index contributed by atoms with van der Waals surface area (Å²) in [6.07, 6.45) is 8.47. The number of rotatable bonds is 7. The van der Waals surface area contributed by atoms with Gasteiger partial charge in [0.05, 0.1) is 6.04 Å². The van der Waals surface area contributed by atoms with Crippen LogP contribution in [0.4, 0.5) is 0 Å². The molecule has 24 heavy (non-hydrogen) atoms. The largest absolute Gasteiger partial charge is 0.396 e. The van der Waals surface area contributed by atoms with Crippen molar-refractivity contribution < 1.29 is 9.90 Å². The number of aliphatic hydroxyl groups is 1. The van der Waals surface area contributed by atoms with E-state index in [2.05, 4.69) is 22.7 Å². The summed E-state index contributed by atoms with van der Waals surface area (Å²) in [4.78, 5) is 12.5. The van der Waals surface area contributed by atoms with Crippen LogP contribution in [-0.4, -0.2) is 47.0 Å². The van der Waals surface area contributed by atoms with E-state index < -0.39 is 0 Å². The fourth-order valence-corrected chi connectivity index (χ4v) is 4.04. The lowest BCUT2D eigenvalue weighted by atomic mass is 9.60. The molecular weight excluding hydrogens is 304 g/mol. The second kappa shape index (κ2) is 7.66. The third-order valence-corrected chi connectivity index (χ3v) is 6.04. The molecule has 1 saturated carbocycles. The lowest BCUT2D eigenvalue weighted by molar-refractivity contribution is 0.0409. The lowest BCUT2D eigenvalue weighted by Crippen LogP contribution is -2.46. The second-order valence-electron chi connectivity index (χ2n) is 7.49. The molecule has 1 aliphatic heterocycles. The molecule has 1 amide bonds. The van der Waals surface area contributed by atoms with Crippen LogP contribution in [0.25, 0.3) is 0 Å². The van der Waals surface area contributed by atoms with Gasteiger partial charge in [-0.05, 0) is 56.0 Å². The van der Waals surface area contributed by atoms with Crippen LogP contribution in [0.2, 0.25) is 0 Å². The van der Waals surface area contributed by atoms with Crippen LogP contribution in [0.5, 0.6) is 0 Å². The van der Waals surface area contributed by atoms with E-state index in [4.69, 9.17) is 0 Å². The average Bonchev–Trinajstić information content (AvgIpc) is 3.05. The van der Waals surface area contributed by atoms with E-state index in [1.807, 2.05) is 16.9 Å². The monoisotopic (exact) mass is 334 g/mol. The van der Waals surface area contributed by atoms with E-state index >= 15 is 0 Å². The molecular formula is C18H30N4O2. The Kier molecular flexibility index (Phi) is 5.56. The molecule has 134 valence electrons. The first-order valence-corrected chi connectivity index (χ1v) is 9.29. The Bertz CT molecular complexity index is 547. The molecule has 1 aromatic rings. The maximum absolute atomic E-state index is 12.5. The van der Waals surface area contributed by atoms with Crippen LogP contribution in [-0.2, 0) is 0 Å². The van der Waals surface area contributed by atoms with Crippen molar-refractivity contribution in [1.29, 1.82) is 0 Å².